The molecule has 2 aliphatic rings. The molecule has 0 saturated carbocycles. The molecule has 0 amide bonds. The van der Waals surface area contributed by atoms with Gasteiger partial charge in [0.15, 0.2) is 0 Å². The van der Waals surface area contributed by atoms with E-state index >= 15 is 0 Å². The van der Waals surface area contributed by atoms with Gasteiger partial charge in [-0.25, -0.2) is 0 Å². The van der Waals surface area contributed by atoms with Crippen LogP contribution in [0.3, 0.4) is 0 Å². The van der Waals surface area contributed by atoms with Crippen LogP contribution in [0.5, 0.6) is 0 Å². The number of rotatable bonds is 1. The Labute approximate surface area is 162 Å². The van der Waals surface area contributed by atoms with Crippen LogP contribution in [0.25, 0.3) is 32.5 Å². The van der Waals surface area contributed by atoms with Crippen LogP contribution in [-0.4, -0.2) is 0 Å². The van der Waals surface area contributed by atoms with E-state index in [9.17, 15) is 0 Å². The quantitative estimate of drug-likeness (QED) is 0.334. The Kier molecular flexibility index (Phi) is 3.26. The molecule has 128 valence electrons. The van der Waals surface area contributed by atoms with Crippen LogP contribution in [0.1, 0.15) is 16.0 Å². The molecule has 27 heavy (non-hydrogen) atoms. The number of benzene rings is 3. The van der Waals surface area contributed by atoms with E-state index in [-0.39, 0.29) is 0 Å². The Bertz CT molecular complexity index is 1280. The third-order valence-electron chi connectivity index (χ3n) is 5.75. The molecule has 0 aliphatic heterocycles. The second-order valence-electron chi connectivity index (χ2n) is 7.41. The minimum atomic E-state index is 0.507. The lowest BCUT2D eigenvalue weighted by Gasteiger charge is -2.24. The van der Waals surface area contributed by atoms with Crippen LogP contribution in [0.4, 0.5) is 0 Å². The Morgan fingerprint density at radius 2 is 1.59 bits per heavy atom. The molecule has 1 heterocycles. The molecule has 0 saturated heterocycles. The lowest BCUT2D eigenvalue weighted by molar-refractivity contribution is 0.773. The van der Waals surface area contributed by atoms with Crippen molar-refractivity contribution in [3.8, 4) is 0 Å². The highest BCUT2D eigenvalue weighted by molar-refractivity contribution is 7.19. The number of thiophene rings is 1. The zero-order chi connectivity index (χ0) is 17.8. The number of fused-ring (bicyclic) bond motifs is 5. The van der Waals surface area contributed by atoms with Crippen molar-refractivity contribution in [1.29, 1.82) is 0 Å². The molecular formula is C26H18S. The number of hydrogen-bond acceptors (Lipinski definition) is 1. The molecule has 3 aromatic carbocycles. The summed E-state index contributed by atoms with van der Waals surface area (Å²) >= 11 is 1.97. The zero-order valence-corrected chi connectivity index (χ0v) is 15.7. The van der Waals surface area contributed by atoms with Gasteiger partial charge in [0.05, 0.1) is 0 Å². The summed E-state index contributed by atoms with van der Waals surface area (Å²) in [6.45, 7) is 0. The van der Waals surface area contributed by atoms with Gasteiger partial charge < -0.3 is 0 Å². The van der Waals surface area contributed by atoms with Crippen molar-refractivity contribution in [3.63, 3.8) is 0 Å². The van der Waals surface area contributed by atoms with Gasteiger partial charge in [-0.15, -0.1) is 11.3 Å². The monoisotopic (exact) mass is 362 g/mol. The van der Waals surface area contributed by atoms with Crippen molar-refractivity contribution in [2.75, 3.05) is 0 Å². The summed E-state index contributed by atoms with van der Waals surface area (Å²) in [6, 6.07) is 24.1. The van der Waals surface area contributed by atoms with Crippen molar-refractivity contribution >= 4 is 43.8 Å². The molecule has 1 atom stereocenters. The highest BCUT2D eigenvalue weighted by atomic mass is 32.1. The van der Waals surface area contributed by atoms with Crippen molar-refractivity contribution < 1.29 is 0 Å². The topological polar surface area (TPSA) is 0 Å². The molecular weight excluding hydrogens is 344 g/mol. The molecule has 1 heteroatoms. The van der Waals surface area contributed by atoms with Crippen LogP contribution in [-0.2, 0) is 6.42 Å². The molecule has 0 fully saturated rings. The second kappa shape index (κ2) is 5.80. The van der Waals surface area contributed by atoms with E-state index in [2.05, 4.69) is 91.0 Å². The summed E-state index contributed by atoms with van der Waals surface area (Å²) in [6.07, 6.45) is 10.6. The maximum absolute atomic E-state index is 2.43. The Morgan fingerprint density at radius 3 is 2.44 bits per heavy atom. The Hall–Kier alpha value is -2.90. The molecule has 1 unspecified atom stereocenters. The fourth-order valence-corrected chi connectivity index (χ4v) is 5.61. The van der Waals surface area contributed by atoms with Gasteiger partial charge in [-0.05, 0) is 57.7 Å². The first-order valence-electron chi connectivity index (χ1n) is 9.46. The van der Waals surface area contributed by atoms with Crippen LogP contribution in [0.15, 0.2) is 90.5 Å². The van der Waals surface area contributed by atoms with Crippen molar-refractivity contribution in [3.05, 3.63) is 107 Å². The molecule has 1 aromatic heterocycles. The van der Waals surface area contributed by atoms with Crippen molar-refractivity contribution in [1.82, 2.24) is 0 Å². The minimum absolute atomic E-state index is 0.507. The summed E-state index contributed by atoms with van der Waals surface area (Å²) in [5, 5.41) is 4.07. The summed E-state index contributed by atoms with van der Waals surface area (Å²) < 4.78 is 1.41. The van der Waals surface area contributed by atoms with E-state index < -0.39 is 0 Å². The zero-order valence-electron chi connectivity index (χ0n) is 14.9. The van der Waals surface area contributed by atoms with Gasteiger partial charge in [-0.1, -0.05) is 72.8 Å². The summed E-state index contributed by atoms with van der Waals surface area (Å²) in [5.74, 6) is 0.507. The van der Waals surface area contributed by atoms with E-state index in [0.717, 1.165) is 6.42 Å². The van der Waals surface area contributed by atoms with Crippen molar-refractivity contribution in [2.24, 2.45) is 5.92 Å². The van der Waals surface area contributed by atoms with Gasteiger partial charge in [-0.2, -0.15) is 0 Å². The van der Waals surface area contributed by atoms with Crippen LogP contribution in [0, 0.1) is 5.92 Å². The highest BCUT2D eigenvalue weighted by Gasteiger charge is 2.24. The molecule has 0 bridgehead atoms. The lowest BCUT2D eigenvalue weighted by Crippen LogP contribution is -2.10. The normalized spacial score (nSPS) is 18.1. The van der Waals surface area contributed by atoms with Crippen molar-refractivity contribution in [2.45, 2.75) is 6.42 Å². The highest BCUT2D eigenvalue weighted by Crippen LogP contribution is 2.43. The lowest BCUT2D eigenvalue weighted by atomic mass is 9.81. The molecule has 0 nitrogen and oxygen atoms in total. The smallest absolute Gasteiger partial charge is 0.0358 e. The van der Waals surface area contributed by atoms with Crippen LogP contribution in [0.2, 0.25) is 0 Å². The molecule has 2 aliphatic carbocycles. The fraction of sp³-hybridized carbons (Fsp3) is 0.0769. The largest absolute Gasteiger partial charge is 0.140 e. The molecule has 6 rings (SSSR count). The predicted octanol–water partition coefficient (Wildman–Crippen LogP) is 7.26. The molecule has 0 N–H and O–H groups in total. The summed E-state index contributed by atoms with van der Waals surface area (Å²) in [7, 11) is 0. The van der Waals surface area contributed by atoms with Gasteiger partial charge >= 0.3 is 0 Å². The van der Waals surface area contributed by atoms with Crippen LogP contribution >= 0.6 is 11.3 Å². The number of allylic oxidation sites excluding steroid dienone is 5. The van der Waals surface area contributed by atoms with E-state index in [0.29, 0.717) is 5.92 Å². The Morgan fingerprint density at radius 1 is 0.815 bits per heavy atom. The van der Waals surface area contributed by atoms with E-state index in [1.165, 1.54) is 48.0 Å². The molecule has 0 spiro atoms. The Balaban J connectivity index is 1.52. The van der Waals surface area contributed by atoms with Gasteiger partial charge in [0, 0.05) is 20.9 Å². The molecule has 0 radical (unpaired) electrons. The van der Waals surface area contributed by atoms with E-state index in [4.69, 9.17) is 0 Å². The minimum Gasteiger partial charge on any atom is -0.140 e. The van der Waals surface area contributed by atoms with Gasteiger partial charge in [0.1, 0.15) is 0 Å². The first-order chi connectivity index (χ1) is 13.3. The summed E-state index contributed by atoms with van der Waals surface area (Å²) in [4.78, 5) is 1.52. The average molecular weight is 362 g/mol. The SMILES string of the molecule is C1=CC2Cc3sc4cc5ccccc5cc4c3C=C2C=C1c1ccccc1. The third kappa shape index (κ3) is 2.43. The maximum atomic E-state index is 2.43. The van der Waals surface area contributed by atoms with Gasteiger partial charge in [0.25, 0.3) is 0 Å². The third-order valence-corrected chi connectivity index (χ3v) is 6.94. The first-order valence-corrected chi connectivity index (χ1v) is 10.3. The first kappa shape index (κ1) is 15.2. The standard InChI is InChI=1S/C26H18S/c1-2-6-17(7-3-1)20-10-11-21-16-26-24(14-22(21)12-20)23-13-18-8-4-5-9-19(18)15-25(23)27-26/h1-15,21H,16H2. The van der Waals surface area contributed by atoms with E-state index in [1.54, 1.807) is 0 Å². The van der Waals surface area contributed by atoms with Crippen LogP contribution < -0.4 is 0 Å². The van der Waals surface area contributed by atoms with Gasteiger partial charge in [0.2, 0.25) is 0 Å². The fourth-order valence-electron chi connectivity index (χ4n) is 4.34. The van der Waals surface area contributed by atoms with Gasteiger partial charge in [-0.3, -0.25) is 0 Å². The summed E-state index contributed by atoms with van der Waals surface area (Å²) in [5.41, 5.74) is 5.48. The van der Waals surface area contributed by atoms with E-state index in [1.807, 2.05) is 11.3 Å². The predicted molar refractivity (Wildman–Crippen MR) is 118 cm³/mol. The average Bonchev–Trinajstić information content (AvgIpc) is 3.07. The molecule has 4 aromatic rings. The number of hydrogen-bond donors (Lipinski definition) is 0. The maximum Gasteiger partial charge on any atom is 0.0358 e. The second-order valence-corrected chi connectivity index (χ2v) is 8.55.